The van der Waals surface area contributed by atoms with Crippen LogP contribution in [0, 0.1) is 0 Å². The van der Waals surface area contributed by atoms with Crippen molar-refractivity contribution in [3.8, 4) is 0 Å². The number of hydrogen-bond donors (Lipinski definition) is 0. The van der Waals surface area contributed by atoms with E-state index in [-0.39, 0.29) is 52.1 Å². The van der Waals surface area contributed by atoms with Crippen molar-refractivity contribution in [2.75, 3.05) is 0 Å². The fourth-order valence-electron chi connectivity index (χ4n) is 0. The first-order chi connectivity index (χ1) is 2.00. The van der Waals surface area contributed by atoms with Gasteiger partial charge in [0.15, 0.2) is 0 Å². The van der Waals surface area contributed by atoms with E-state index in [1.54, 1.807) is 0 Å². The normalized spacial score (nSPS) is 7.25. The van der Waals surface area contributed by atoms with Gasteiger partial charge in [-0.1, -0.05) is 0 Å². The van der Waals surface area contributed by atoms with Gasteiger partial charge in [-0.2, -0.15) is 0 Å². The van der Waals surface area contributed by atoms with E-state index in [0.29, 0.717) is 0 Å². The first kappa shape index (κ1) is 22.7. The summed E-state index contributed by atoms with van der Waals surface area (Å²) >= 11 is 0. The van der Waals surface area contributed by atoms with Crippen LogP contribution in [0.3, 0.4) is 0 Å². The smallest absolute Gasteiger partial charge is 0.759 e. The van der Waals surface area contributed by atoms with Gasteiger partial charge in [-0.3, -0.25) is 8.42 Å². The fraction of sp³-hybridized carbons (Fsp3) is 0. The van der Waals surface area contributed by atoms with Crippen molar-refractivity contribution in [2.45, 2.75) is 0 Å². The summed E-state index contributed by atoms with van der Waals surface area (Å²) in [4.78, 5) is 0. The Morgan fingerprint density at radius 1 is 1.12 bits per heavy atom. The summed E-state index contributed by atoms with van der Waals surface area (Å²) in [5, 5.41) is 0. The van der Waals surface area contributed by atoms with Gasteiger partial charge in [0.2, 0.25) is 0 Å². The molecule has 0 rings (SSSR count). The zero-order valence-corrected chi connectivity index (χ0v) is 7.46. The summed E-state index contributed by atoms with van der Waals surface area (Å²) in [5.41, 5.74) is 0. The van der Waals surface area contributed by atoms with Gasteiger partial charge in [-0.25, -0.2) is 0 Å². The molecule has 0 aliphatic rings. The first-order valence-corrected chi connectivity index (χ1v) is 2.00. The van der Waals surface area contributed by atoms with Gasteiger partial charge in [0.1, 0.15) is 0 Å². The van der Waals surface area contributed by atoms with Crippen LogP contribution >= 0.6 is 0 Å². The summed E-state index contributed by atoms with van der Waals surface area (Å²) in [5.74, 6) is 0. The maximum atomic E-state index is 8.52. The van der Waals surface area contributed by atoms with E-state index in [1.165, 1.54) is 0 Å². The second-order valence-corrected chi connectivity index (χ2v) is 1.22. The molecule has 8 heteroatoms. The van der Waals surface area contributed by atoms with Crippen molar-refractivity contribution >= 4 is 10.4 Å². The molecule has 0 saturated carbocycles. The van der Waals surface area contributed by atoms with Crippen LogP contribution < -0.4 is 0 Å². The Balaban J connectivity index is -0.0000000267. The van der Waals surface area contributed by atoms with Crippen molar-refractivity contribution in [1.82, 2.24) is 0 Å². The van der Waals surface area contributed by atoms with Crippen LogP contribution in [0.1, 0.15) is 0 Å². The predicted molar refractivity (Wildman–Crippen MR) is 10.5 cm³/mol. The minimum absolute atomic E-state index is 0. The quantitative estimate of drug-likeness (QED) is 0.307. The van der Waals surface area contributed by atoms with Crippen molar-refractivity contribution in [2.24, 2.45) is 0 Å². The first-order valence-electron chi connectivity index (χ1n) is 0.667. The molecule has 0 aromatic heterocycles. The average molecular weight is 262 g/mol. The Bertz CT molecular complexity index is 99.2. The van der Waals surface area contributed by atoms with Gasteiger partial charge in [0.25, 0.3) is 0 Å². The molecule has 0 fully saturated rings. The minimum Gasteiger partial charge on any atom is -0.759 e. The van der Waals surface area contributed by atoms with E-state index in [4.69, 9.17) is 17.5 Å². The zero-order chi connectivity index (χ0) is 4.50. The molecule has 0 spiro atoms. The molecule has 51 valence electrons. The van der Waals surface area contributed by atoms with Crippen LogP contribution in [0.25, 0.3) is 0 Å². The van der Waals surface area contributed by atoms with E-state index in [0.717, 1.165) is 0 Å². The molecule has 0 saturated heterocycles. The molecular formula is FeNiO4SV+2. The molecule has 0 N–H and O–H groups in total. The molecule has 0 atom stereocenters. The Hall–Kier alpha value is 1.47. The molecule has 0 heterocycles. The Kier molecular flexibility index (Phi) is 24.0. The molecular weight excluding hydrogens is 262 g/mol. The van der Waals surface area contributed by atoms with Crippen molar-refractivity contribution < 1.29 is 69.6 Å². The fourth-order valence-corrected chi connectivity index (χ4v) is 0. The summed E-state index contributed by atoms with van der Waals surface area (Å²) in [7, 11) is -5.17. The Morgan fingerprint density at radius 2 is 1.12 bits per heavy atom. The largest absolute Gasteiger partial charge is 2.00 e. The maximum Gasteiger partial charge on any atom is 2.00 e. The number of rotatable bonds is 0. The third-order valence-corrected chi connectivity index (χ3v) is 0. The molecule has 1 radical (unpaired) electrons. The van der Waals surface area contributed by atoms with E-state index in [1.807, 2.05) is 0 Å². The van der Waals surface area contributed by atoms with E-state index >= 15 is 0 Å². The van der Waals surface area contributed by atoms with Crippen molar-refractivity contribution in [1.29, 1.82) is 0 Å². The summed E-state index contributed by atoms with van der Waals surface area (Å²) in [6.45, 7) is 0. The second kappa shape index (κ2) is 8.47. The van der Waals surface area contributed by atoms with E-state index in [9.17, 15) is 0 Å². The van der Waals surface area contributed by atoms with Crippen molar-refractivity contribution in [3.05, 3.63) is 0 Å². The molecule has 0 aromatic rings. The van der Waals surface area contributed by atoms with Gasteiger partial charge in [-0.15, -0.1) is 0 Å². The Labute approximate surface area is 79.7 Å². The van der Waals surface area contributed by atoms with Crippen LogP contribution in [0.5, 0.6) is 0 Å². The van der Waals surface area contributed by atoms with E-state index < -0.39 is 10.4 Å². The van der Waals surface area contributed by atoms with Gasteiger partial charge in [-0.05, 0) is 0 Å². The molecule has 0 amide bonds. The molecule has 0 aromatic carbocycles. The third-order valence-electron chi connectivity index (χ3n) is 0. The van der Waals surface area contributed by atoms with Gasteiger partial charge in [0.05, 0.1) is 0 Å². The van der Waals surface area contributed by atoms with Crippen LogP contribution in [0.15, 0.2) is 0 Å². The van der Waals surface area contributed by atoms with Crippen LogP contribution in [-0.4, -0.2) is 17.5 Å². The third kappa shape index (κ3) is 145. The van der Waals surface area contributed by atoms with Gasteiger partial charge < -0.3 is 9.11 Å². The SMILES string of the molecule is O=S(=O)([O-])[O-].[Fe+2].[Ni+2].[V]. The predicted octanol–water partition coefficient (Wildman–Crippen LogP) is -1.35. The van der Waals surface area contributed by atoms with Crippen LogP contribution in [0.4, 0.5) is 0 Å². The molecule has 8 heavy (non-hydrogen) atoms. The summed E-state index contributed by atoms with van der Waals surface area (Å²) < 4.78 is 34.1. The molecule has 0 aliphatic carbocycles. The van der Waals surface area contributed by atoms with Crippen LogP contribution in [0.2, 0.25) is 0 Å². The molecule has 0 unspecified atom stereocenters. The average Bonchev–Trinajstić information content (AvgIpc) is 0.722. The summed E-state index contributed by atoms with van der Waals surface area (Å²) in [6.07, 6.45) is 0. The molecule has 0 aliphatic heterocycles. The molecule has 0 bridgehead atoms. The summed E-state index contributed by atoms with van der Waals surface area (Å²) in [6, 6.07) is 0. The second-order valence-electron chi connectivity index (χ2n) is 0.408. The maximum absolute atomic E-state index is 8.52. The topological polar surface area (TPSA) is 80.3 Å². The van der Waals surface area contributed by atoms with Gasteiger partial charge in [0, 0.05) is 29.0 Å². The number of hydrogen-bond acceptors (Lipinski definition) is 4. The van der Waals surface area contributed by atoms with Crippen molar-refractivity contribution in [3.63, 3.8) is 0 Å². The monoisotopic (exact) mass is 261 g/mol. The molecule has 4 nitrogen and oxygen atoms in total. The standard InChI is InChI=1S/Fe.Ni.H2O4S.V/c;;1-5(2,3)4;/h;;(H2,1,2,3,4);/q2*+2;;/p-2. The minimum atomic E-state index is -5.17. The Morgan fingerprint density at radius 3 is 1.12 bits per heavy atom. The van der Waals surface area contributed by atoms with Gasteiger partial charge >= 0.3 is 33.6 Å². The van der Waals surface area contributed by atoms with Crippen LogP contribution in [-0.2, 0) is 62.5 Å². The van der Waals surface area contributed by atoms with E-state index in [2.05, 4.69) is 0 Å². The zero-order valence-electron chi connectivity index (χ0n) is 3.16.